The Morgan fingerprint density at radius 3 is 3.00 bits per heavy atom. The minimum atomic E-state index is 0.737. The van der Waals surface area contributed by atoms with Crippen LogP contribution in [0.25, 0.3) is 0 Å². The van der Waals surface area contributed by atoms with Gasteiger partial charge in [0.1, 0.15) is 0 Å². The van der Waals surface area contributed by atoms with Crippen molar-refractivity contribution in [3.8, 4) is 0 Å². The zero-order valence-corrected chi connectivity index (χ0v) is 7.27. The van der Waals surface area contributed by atoms with E-state index in [-0.39, 0.29) is 0 Å². The molecule has 0 fully saturated rings. The second kappa shape index (κ2) is 4.35. The summed E-state index contributed by atoms with van der Waals surface area (Å²) in [6.45, 7) is 2.92. The standard InChI is InChI=1S/C10H17N/c1-2-4-9-5-3-6-10(7-9)8-11/h4,7H,2-3,5-6,8,11H2,1H3/b9-4+. The molecule has 0 bridgehead atoms. The van der Waals surface area contributed by atoms with Gasteiger partial charge in [0.25, 0.3) is 0 Å². The van der Waals surface area contributed by atoms with Crippen molar-refractivity contribution >= 4 is 0 Å². The highest BCUT2D eigenvalue weighted by molar-refractivity contribution is 5.27. The van der Waals surface area contributed by atoms with Crippen molar-refractivity contribution in [2.75, 3.05) is 6.54 Å². The first kappa shape index (κ1) is 8.54. The van der Waals surface area contributed by atoms with Gasteiger partial charge in [-0.25, -0.2) is 0 Å². The Morgan fingerprint density at radius 2 is 2.36 bits per heavy atom. The molecule has 0 unspecified atom stereocenters. The van der Waals surface area contributed by atoms with E-state index in [4.69, 9.17) is 5.73 Å². The molecule has 0 aromatic carbocycles. The van der Waals surface area contributed by atoms with Crippen LogP contribution in [0.2, 0.25) is 0 Å². The van der Waals surface area contributed by atoms with Gasteiger partial charge in [0.05, 0.1) is 0 Å². The van der Waals surface area contributed by atoms with Gasteiger partial charge in [0.15, 0.2) is 0 Å². The van der Waals surface area contributed by atoms with Crippen LogP contribution in [0.5, 0.6) is 0 Å². The van der Waals surface area contributed by atoms with Crippen LogP contribution in [-0.4, -0.2) is 6.54 Å². The minimum absolute atomic E-state index is 0.737. The Balaban J connectivity index is 2.62. The molecule has 0 heterocycles. The van der Waals surface area contributed by atoms with Gasteiger partial charge in [-0.2, -0.15) is 0 Å². The highest BCUT2D eigenvalue weighted by Gasteiger charge is 2.04. The molecule has 0 spiro atoms. The molecule has 0 aromatic heterocycles. The molecule has 1 nitrogen and oxygen atoms in total. The second-order valence-electron chi connectivity index (χ2n) is 3.05. The van der Waals surface area contributed by atoms with E-state index in [0.717, 1.165) is 13.0 Å². The van der Waals surface area contributed by atoms with Crippen molar-refractivity contribution in [3.63, 3.8) is 0 Å². The number of nitrogens with two attached hydrogens (primary N) is 1. The Labute approximate surface area is 69.0 Å². The average molecular weight is 151 g/mol. The first-order valence-corrected chi connectivity index (χ1v) is 4.45. The van der Waals surface area contributed by atoms with Crippen LogP contribution in [0.4, 0.5) is 0 Å². The monoisotopic (exact) mass is 151 g/mol. The quantitative estimate of drug-likeness (QED) is 0.644. The van der Waals surface area contributed by atoms with Crippen LogP contribution in [0.1, 0.15) is 32.6 Å². The maximum atomic E-state index is 5.57. The van der Waals surface area contributed by atoms with Crippen LogP contribution in [0.3, 0.4) is 0 Å². The van der Waals surface area contributed by atoms with Crippen LogP contribution < -0.4 is 5.73 Å². The van der Waals surface area contributed by atoms with Crippen molar-refractivity contribution in [3.05, 3.63) is 23.3 Å². The molecule has 0 amide bonds. The van der Waals surface area contributed by atoms with Gasteiger partial charge >= 0.3 is 0 Å². The Kier molecular flexibility index (Phi) is 3.37. The molecular formula is C10H17N. The molecule has 0 saturated carbocycles. The fourth-order valence-corrected chi connectivity index (χ4v) is 1.51. The summed E-state index contributed by atoms with van der Waals surface area (Å²) in [4.78, 5) is 0. The maximum Gasteiger partial charge on any atom is 0.0140 e. The van der Waals surface area contributed by atoms with Gasteiger partial charge in [-0.15, -0.1) is 0 Å². The zero-order chi connectivity index (χ0) is 8.10. The van der Waals surface area contributed by atoms with Crippen molar-refractivity contribution in [2.24, 2.45) is 5.73 Å². The molecule has 2 N–H and O–H groups in total. The third-order valence-electron chi connectivity index (χ3n) is 2.08. The van der Waals surface area contributed by atoms with E-state index >= 15 is 0 Å². The number of hydrogen-bond acceptors (Lipinski definition) is 1. The van der Waals surface area contributed by atoms with E-state index in [1.54, 1.807) is 0 Å². The van der Waals surface area contributed by atoms with E-state index < -0.39 is 0 Å². The smallest absolute Gasteiger partial charge is 0.0140 e. The van der Waals surface area contributed by atoms with Gasteiger partial charge < -0.3 is 5.73 Å². The molecule has 0 atom stereocenters. The van der Waals surface area contributed by atoms with Crippen molar-refractivity contribution in [2.45, 2.75) is 32.6 Å². The average Bonchev–Trinajstić information content (AvgIpc) is 2.06. The highest BCUT2D eigenvalue weighted by Crippen LogP contribution is 2.21. The summed E-state index contributed by atoms with van der Waals surface area (Å²) >= 11 is 0. The van der Waals surface area contributed by atoms with Gasteiger partial charge in [-0.1, -0.05) is 30.2 Å². The van der Waals surface area contributed by atoms with E-state index in [1.807, 2.05) is 0 Å². The lowest BCUT2D eigenvalue weighted by molar-refractivity contribution is 0.764. The minimum Gasteiger partial charge on any atom is -0.327 e. The molecule has 11 heavy (non-hydrogen) atoms. The normalized spacial score (nSPS) is 22.0. The number of hydrogen-bond donors (Lipinski definition) is 1. The zero-order valence-electron chi connectivity index (χ0n) is 7.27. The van der Waals surface area contributed by atoms with Gasteiger partial charge in [0.2, 0.25) is 0 Å². The SMILES string of the molecule is CC/C=C1/C=C(CN)CCC1. The van der Waals surface area contributed by atoms with Crippen LogP contribution >= 0.6 is 0 Å². The summed E-state index contributed by atoms with van der Waals surface area (Å²) in [7, 11) is 0. The lowest BCUT2D eigenvalue weighted by Crippen LogP contribution is -2.06. The van der Waals surface area contributed by atoms with E-state index in [9.17, 15) is 0 Å². The molecule has 62 valence electrons. The number of rotatable bonds is 2. The van der Waals surface area contributed by atoms with Crippen LogP contribution in [0, 0.1) is 0 Å². The largest absolute Gasteiger partial charge is 0.327 e. The van der Waals surface area contributed by atoms with E-state index in [2.05, 4.69) is 19.1 Å². The predicted molar refractivity (Wildman–Crippen MR) is 49.4 cm³/mol. The summed E-state index contributed by atoms with van der Waals surface area (Å²) < 4.78 is 0. The lowest BCUT2D eigenvalue weighted by Gasteiger charge is -2.13. The molecular weight excluding hydrogens is 134 g/mol. The van der Waals surface area contributed by atoms with Crippen molar-refractivity contribution in [1.29, 1.82) is 0 Å². The predicted octanol–water partition coefficient (Wildman–Crippen LogP) is 2.39. The fraction of sp³-hybridized carbons (Fsp3) is 0.600. The summed E-state index contributed by atoms with van der Waals surface area (Å²) in [5, 5.41) is 0. The molecule has 0 saturated heterocycles. The van der Waals surface area contributed by atoms with Gasteiger partial charge in [0, 0.05) is 6.54 Å². The lowest BCUT2D eigenvalue weighted by atomic mass is 9.95. The van der Waals surface area contributed by atoms with E-state index in [0.29, 0.717) is 0 Å². The topological polar surface area (TPSA) is 26.0 Å². The first-order chi connectivity index (χ1) is 5.36. The molecule has 1 aliphatic carbocycles. The third kappa shape index (κ3) is 2.51. The summed E-state index contributed by atoms with van der Waals surface area (Å²) in [6, 6.07) is 0. The highest BCUT2D eigenvalue weighted by atomic mass is 14.5. The van der Waals surface area contributed by atoms with E-state index in [1.165, 1.54) is 30.4 Å². The van der Waals surface area contributed by atoms with Crippen LogP contribution in [0.15, 0.2) is 23.3 Å². The Morgan fingerprint density at radius 1 is 1.55 bits per heavy atom. The summed E-state index contributed by atoms with van der Waals surface area (Å²) in [5.74, 6) is 0. The van der Waals surface area contributed by atoms with Gasteiger partial charge in [-0.05, 0) is 25.7 Å². The van der Waals surface area contributed by atoms with Crippen molar-refractivity contribution in [1.82, 2.24) is 0 Å². The van der Waals surface area contributed by atoms with Gasteiger partial charge in [-0.3, -0.25) is 0 Å². The molecule has 1 aliphatic rings. The third-order valence-corrected chi connectivity index (χ3v) is 2.08. The molecule has 1 heteroatoms. The summed E-state index contributed by atoms with van der Waals surface area (Å²) in [5.41, 5.74) is 8.46. The molecule has 1 rings (SSSR count). The van der Waals surface area contributed by atoms with Crippen LogP contribution in [-0.2, 0) is 0 Å². The Bertz CT molecular complexity index is 177. The number of allylic oxidation sites excluding steroid dienone is 3. The molecule has 0 aromatic rings. The second-order valence-corrected chi connectivity index (χ2v) is 3.05. The van der Waals surface area contributed by atoms with Crippen molar-refractivity contribution < 1.29 is 0 Å². The fourth-order valence-electron chi connectivity index (χ4n) is 1.51. The molecule has 0 aliphatic heterocycles. The summed E-state index contributed by atoms with van der Waals surface area (Å²) in [6.07, 6.45) is 9.45. The first-order valence-electron chi connectivity index (χ1n) is 4.45. The molecule has 0 radical (unpaired) electrons. The Hall–Kier alpha value is -0.560. The maximum absolute atomic E-state index is 5.57.